The lowest BCUT2D eigenvalue weighted by atomic mass is 9.87. The zero-order valence-electron chi connectivity index (χ0n) is 19.5. The molecule has 2 aromatic heterocycles. The number of hydrogen-bond donors (Lipinski definition) is 1. The number of rotatable bonds is 12. The number of furan rings is 1. The van der Waals surface area contributed by atoms with Crippen molar-refractivity contribution in [3.63, 3.8) is 0 Å². The normalized spacial score (nSPS) is 12.9. The molecule has 0 fully saturated rings. The molecule has 1 atom stereocenters. The average molecular weight is 437 g/mol. The molecule has 0 amide bonds. The summed E-state index contributed by atoms with van der Waals surface area (Å²) in [5.41, 5.74) is 3.98. The Labute approximate surface area is 191 Å². The summed E-state index contributed by atoms with van der Waals surface area (Å²) in [5.74, 6) is 0.758. The maximum atomic E-state index is 10.5. The third-order valence-electron chi connectivity index (χ3n) is 5.47. The van der Waals surface area contributed by atoms with Gasteiger partial charge in [-0.1, -0.05) is 51.1 Å². The highest BCUT2D eigenvalue weighted by Gasteiger charge is 2.15. The third-order valence-corrected chi connectivity index (χ3v) is 5.47. The lowest BCUT2D eigenvalue weighted by Crippen LogP contribution is -2.35. The van der Waals surface area contributed by atoms with E-state index in [0.29, 0.717) is 19.7 Å². The van der Waals surface area contributed by atoms with Gasteiger partial charge in [0.1, 0.15) is 12.4 Å². The summed E-state index contributed by atoms with van der Waals surface area (Å²) in [4.78, 5) is 2.18. The predicted molar refractivity (Wildman–Crippen MR) is 129 cm³/mol. The Hall–Kier alpha value is -2.60. The van der Waals surface area contributed by atoms with E-state index in [0.717, 1.165) is 18.8 Å². The number of nitrogens with zero attached hydrogens (tertiary/aromatic N) is 2. The van der Waals surface area contributed by atoms with Gasteiger partial charge in [-0.2, -0.15) is 0 Å². The highest BCUT2D eigenvalue weighted by molar-refractivity contribution is 5.28. The molecule has 0 aliphatic heterocycles. The van der Waals surface area contributed by atoms with Gasteiger partial charge in [0.2, 0.25) is 0 Å². The van der Waals surface area contributed by atoms with Gasteiger partial charge >= 0.3 is 0 Å². The second-order valence-electron chi connectivity index (χ2n) is 9.31. The van der Waals surface area contributed by atoms with Crippen molar-refractivity contribution in [2.45, 2.75) is 52.0 Å². The Bertz CT molecular complexity index is 936. The minimum Gasteiger partial charge on any atom is -0.467 e. The van der Waals surface area contributed by atoms with E-state index in [-0.39, 0.29) is 12.0 Å². The average Bonchev–Trinajstić information content (AvgIpc) is 3.40. The SMILES string of the molecule is C=CCN(Cc1cccn1Cc1ccc(C(C)(C)C)cc1)CC(O)COCc1ccco1. The summed E-state index contributed by atoms with van der Waals surface area (Å²) < 4.78 is 13.1. The van der Waals surface area contributed by atoms with Crippen LogP contribution in [0.25, 0.3) is 0 Å². The largest absolute Gasteiger partial charge is 0.467 e. The van der Waals surface area contributed by atoms with Crippen molar-refractivity contribution in [2.24, 2.45) is 0 Å². The van der Waals surface area contributed by atoms with Crippen molar-refractivity contribution in [3.05, 3.63) is 96.2 Å². The quantitative estimate of drug-likeness (QED) is 0.406. The van der Waals surface area contributed by atoms with Gasteiger partial charge < -0.3 is 18.8 Å². The fourth-order valence-electron chi connectivity index (χ4n) is 3.71. The first-order valence-corrected chi connectivity index (χ1v) is 11.2. The Morgan fingerprint density at radius 1 is 1.16 bits per heavy atom. The maximum Gasteiger partial charge on any atom is 0.129 e. The molecule has 5 heteroatoms. The van der Waals surface area contributed by atoms with Crippen LogP contribution in [0, 0.1) is 0 Å². The van der Waals surface area contributed by atoms with E-state index >= 15 is 0 Å². The van der Waals surface area contributed by atoms with Crippen molar-refractivity contribution in [2.75, 3.05) is 19.7 Å². The number of aliphatic hydroxyl groups is 1. The third kappa shape index (κ3) is 7.23. The van der Waals surface area contributed by atoms with Gasteiger partial charge in [0.05, 0.1) is 19.0 Å². The van der Waals surface area contributed by atoms with E-state index in [1.54, 1.807) is 6.26 Å². The summed E-state index contributed by atoms with van der Waals surface area (Å²) >= 11 is 0. The molecular weight excluding hydrogens is 400 g/mol. The molecule has 5 nitrogen and oxygen atoms in total. The first-order valence-electron chi connectivity index (χ1n) is 11.2. The van der Waals surface area contributed by atoms with Crippen LogP contribution in [0.4, 0.5) is 0 Å². The zero-order valence-corrected chi connectivity index (χ0v) is 19.5. The molecule has 2 heterocycles. The second kappa shape index (κ2) is 11.3. The molecule has 0 saturated heterocycles. The highest BCUT2D eigenvalue weighted by Crippen LogP contribution is 2.22. The van der Waals surface area contributed by atoms with Crippen LogP contribution in [0.15, 0.2) is 78.1 Å². The highest BCUT2D eigenvalue weighted by atomic mass is 16.5. The number of ether oxygens (including phenoxy) is 1. The molecular formula is C27H36N2O3. The van der Waals surface area contributed by atoms with Crippen molar-refractivity contribution >= 4 is 0 Å². The number of aromatic nitrogens is 1. The van der Waals surface area contributed by atoms with E-state index in [4.69, 9.17) is 9.15 Å². The molecule has 172 valence electrons. The van der Waals surface area contributed by atoms with Crippen LogP contribution in [0.5, 0.6) is 0 Å². The minimum absolute atomic E-state index is 0.158. The summed E-state index contributed by atoms with van der Waals surface area (Å²) in [6, 6.07) is 16.8. The van der Waals surface area contributed by atoms with Crippen LogP contribution in [0.3, 0.4) is 0 Å². The minimum atomic E-state index is -0.585. The predicted octanol–water partition coefficient (Wildman–Crippen LogP) is 4.99. The van der Waals surface area contributed by atoms with E-state index in [2.05, 4.69) is 79.4 Å². The van der Waals surface area contributed by atoms with Gasteiger partial charge in [0.25, 0.3) is 0 Å². The van der Waals surface area contributed by atoms with Crippen LogP contribution in [-0.2, 0) is 29.8 Å². The summed E-state index contributed by atoms with van der Waals surface area (Å²) in [5, 5.41) is 10.5. The lowest BCUT2D eigenvalue weighted by Gasteiger charge is -2.24. The first kappa shape index (κ1) is 24.1. The smallest absolute Gasteiger partial charge is 0.129 e. The molecule has 0 spiro atoms. The number of hydrogen-bond acceptors (Lipinski definition) is 4. The van der Waals surface area contributed by atoms with Crippen LogP contribution >= 0.6 is 0 Å². The first-order chi connectivity index (χ1) is 15.3. The summed E-state index contributed by atoms with van der Waals surface area (Å²) in [7, 11) is 0. The number of benzene rings is 1. The number of aliphatic hydroxyl groups excluding tert-OH is 1. The maximum absolute atomic E-state index is 10.5. The topological polar surface area (TPSA) is 50.8 Å². The van der Waals surface area contributed by atoms with E-state index < -0.39 is 6.10 Å². The Kier molecular flexibility index (Phi) is 8.51. The van der Waals surface area contributed by atoms with Gasteiger partial charge in [-0.15, -0.1) is 6.58 Å². The van der Waals surface area contributed by atoms with Gasteiger partial charge in [-0.05, 0) is 40.8 Å². The van der Waals surface area contributed by atoms with Crippen molar-refractivity contribution in [1.29, 1.82) is 0 Å². The molecule has 1 aromatic carbocycles. The molecule has 0 radical (unpaired) electrons. The fourth-order valence-corrected chi connectivity index (χ4v) is 3.71. The summed E-state index contributed by atoms with van der Waals surface area (Å²) in [6.45, 7) is 14.0. The van der Waals surface area contributed by atoms with Crippen LogP contribution < -0.4 is 0 Å². The fraction of sp³-hybridized carbons (Fsp3) is 0.407. The van der Waals surface area contributed by atoms with Gasteiger partial charge in [0.15, 0.2) is 0 Å². The molecule has 1 unspecified atom stereocenters. The molecule has 0 aliphatic rings. The Balaban J connectivity index is 1.56. The van der Waals surface area contributed by atoms with E-state index in [1.807, 2.05) is 18.2 Å². The van der Waals surface area contributed by atoms with Crippen molar-refractivity contribution in [1.82, 2.24) is 9.47 Å². The van der Waals surface area contributed by atoms with Gasteiger partial charge in [0, 0.05) is 38.1 Å². The van der Waals surface area contributed by atoms with Crippen LogP contribution in [0.2, 0.25) is 0 Å². The van der Waals surface area contributed by atoms with Gasteiger partial charge in [-0.3, -0.25) is 4.90 Å². The second-order valence-corrected chi connectivity index (χ2v) is 9.31. The lowest BCUT2D eigenvalue weighted by molar-refractivity contribution is 0.00532. The molecule has 3 rings (SSSR count). The molecule has 0 aliphatic carbocycles. The molecule has 0 bridgehead atoms. The van der Waals surface area contributed by atoms with Gasteiger partial charge in [-0.25, -0.2) is 0 Å². The standard InChI is InChI=1S/C27H36N2O3/c1-5-14-28(19-25(30)20-31-21-26-9-7-16-32-26)18-24-8-6-15-29(24)17-22-10-12-23(13-11-22)27(2,3)4/h5-13,15-16,25,30H,1,14,17-21H2,2-4H3. The molecule has 1 N–H and O–H groups in total. The molecule has 3 aromatic rings. The van der Waals surface area contributed by atoms with Crippen molar-refractivity contribution < 1.29 is 14.3 Å². The van der Waals surface area contributed by atoms with E-state index in [9.17, 15) is 5.11 Å². The van der Waals surface area contributed by atoms with Crippen LogP contribution in [0.1, 0.15) is 43.4 Å². The molecule has 0 saturated carbocycles. The van der Waals surface area contributed by atoms with E-state index in [1.165, 1.54) is 16.8 Å². The Morgan fingerprint density at radius 2 is 1.94 bits per heavy atom. The van der Waals surface area contributed by atoms with Crippen LogP contribution in [-0.4, -0.2) is 40.4 Å². The zero-order chi connectivity index (χ0) is 23.0. The Morgan fingerprint density at radius 3 is 2.59 bits per heavy atom. The summed E-state index contributed by atoms with van der Waals surface area (Å²) in [6.07, 6.45) is 5.02. The van der Waals surface area contributed by atoms with Crippen molar-refractivity contribution in [3.8, 4) is 0 Å². The monoisotopic (exact) mass is 436 g/mol. The molecule has 32 heavy (non-hydrogen) atoms.